The van der Waals surface area contributed by atoms with Crippen LogP contribution < -0.4 is 10.6 Å². The quantitative estimate of drug-likeness (QED) is 0.799. The van der Waals surface area contributed by atoms with Gasteiger partial charge < -0.3 is 10.6 Å². The van der Waals surface area contributed by atoms with E-state index in [0.29, 0.717) is 6.42 Å². The highest BCUT2D eigenvalue weighted by molar-refractivity contribution is 7.94. The average molecular weight is 286 g/mol. The van der Waals surface area contributed by atoms with Gasteiger partial charge in [0.1, 0.15) is 0 Å². The molecular formula is C13H22N2O3S. The van der Waals surface area contributed by atoms with E-state index in [1.165, 1.54) is 11.8 Å². The summed E-state index contributed by atoms with van der Waals surface area (Å²) in [6, 6.07) is -0.366. The minimum atomic E-state index is -3.11. The molecule has 1 amide bonds. The lowest BCUT2D eigenvalue weighted by Gasteiger charge is -2.36. The second-order valence-electron chi connectivity index (χ2n) is 5.60. The van der Waals surface area contributed by atoms with E-state index in [4.69, 9.17) is 0 Å². The Morgan fingerprint density at radius 1 is 1.32 bits per heavy atom. The van der Waals surface area contributed by atoms with Crippen molar-refractivity contribution in [2.75, 3.05) is 12.8 Å². The molecule has 2 N–H and O–H groups in total. The zero-order valence-corrected chi connectivity index (χ0v) is 12.1. The first-order valence-corrected chi connectivity index (χ1v) is 8.56. The van der Waals surface area contributed by atoms with Crippen molar-refractivity contribution < 1.29 is 13.2 Å². The molecular weight excluding hydrogens is 264 g/mol. The first-order chi connectivity index (χ1) is 8.95. The van der Waals surface area contributed by atoms with Crippen molar-refractivity contribution in [3.63, 3.8) is 0 Å². The van der Waals surface area contributed by atoms with E-state index in [-0.39, 0.29) is 23.2 Å². The lowest BCUT2D eigenvalue weighted by atomic mass is 9.79. The molecule has 1 atom stereocenters. The van der Waals surface area contributed by atoms with Crippen LogP contribution in [-0.4, -0.2) is 38.7 Å². The van der Waals surface area contributed by atoms with Crippen molar-refractivity contribution >= 4 is 15.7 Å². The fourth-order valence-electron chi connectivity index (χ4n) is 2.97. The molecule has 0 radical (unpaired) electrons. The van der Waals surface area contributed by atoms with Crippen LogP contribution in [0, 0.1) is 0 Å². The standard InChI is InChI=1S/C13H22N2O3S/c1-14-13(6-3-2-4-7-13)9-12(16)15-11-5-8-19(17,18)10-11/h5,8,11,14H,2-4,6-7,9-10H2,1H3,(H,15,16). The predicted octanol–water partition coefficient (Wildman–Crippen LogP) is 0.726. The Kier molecular flexibility index (Phi) is 4.30. The second-order valence-corrected chi connectivity index (χ2v) is 7.53. The number of rotatable bonds is 4. The van der Waals surface area contributed by atoms with E-state index in [1.54, 1.807) is 6.08 Å². The minimum absolute atomic E-state index is 0.00864. The lowest BCUT2D eigenvalue weighted by molar-refractivity contribution is -0.123. The molecule has 0 bridgehead atoms. The van der Waals surface area contributed by atoms with E-state index < -0.39 is 9.84 Å². The number of hydrogen-bond acceptors (Lipinski definition) is 4. The molecule has 1 fully saturated rings. The fourth-order valence-corrected chi connectivity index (χ4v) is 4.21. The average Bonchev–Trinajstić information content (AvgIpc) is 2.69. The van der Waals surface area contributed by atoms with Gasteiger partial charge in [-0.15, -0.1) is 0 Å². The van der Waals surface area contributed by atoms with E-state index in [9.17, 15) is 13.2 Å². The van der Waals surface area contributed by atoms with Gasteiger partial charge in [-0.25, -0.2) is 8.42 Å². The van der Waals surface area contributed by atoms with Crippen LogP contribution in [0.3, 0.4) is 0 Å². The molecule has 1 aliphatic heterocycles. The summed E-state index contributed by atoms with van der Waals surface area (Å²) < 4.78 is 22.6. The van der Waals surface area contributed by atoms with Crippen molar-refractivity contribution in [2.45, 2.75) is 50.1 Å². The van der Waals surface area contributed by atoms with Gasteiger partial charge in [-0.05, 0) is 26.0 Å². The number of sulfone groups is 1. The van der Waals surface area contributed by atoms with Crippen molar-refractivity contribution in [3.05, 3.63) is 11.5 Å². The molecule has 0 saturated heterocycles. The fraction of sp³-hybridized carbons (Fsp3) is 0.769. The van der Waals surface area contributed by atoms with Gasteiger partial charge in [0.2, 0.25) is 5.91 Å². The zero-order valence-electron chi connectivity index (χ0n) is 11.3. The van der Waals surface area contributed by atoms with Crippen LogP contribution in [0.5, 0.6) is 0 Å². The number of amides is 1. The summed E-state index contributed by atoms with van der Waals surface area (Å²) in [4.78, 5) is 12.1. The van der Waals surface area contributed by atoms with Crippen molar-refractivity contribution in [1.29, 1.82) is 0 Å². The highest BCUT2D eigenvalue weighted by Gasteiger charge is 2.33. The molecule has 108 valence electrons. The van der Waals surface area contributed by atoms with E-state index in [1.807, 2.05) is 7.05 Å². The molecule has 1 aliphatic carbocycles. The second kappa shape index (κ2) is 5.63. The van der Waals surface area contributed by atoms with Gasteiger partial charge in [0.05, 0.1) is 11.8 Å². The molecule has 1 heterocycles. The summed E-state index contributed by atoms with van der Waals surface area (Å²) >= 11 is 0. The summed E-state index contributed by atoms with van der Waals surface area (Å²) in [5.41, 5.74) is -0.108. The molecule has 1 unspecified atom stereocenters. The number of carbonyl (C=O) groups excluding carboxylic acids is 1. The van der Waals surface area contributed by atoms with Crippen LogP contribution >= 0.6 is 0 Å². The summed E-state index contributed by atoms with van der Waals surface area (Å²) in [6.45, 7) is 0. The van der Waals surface area contributed by atoms with Gasteiger partial charge in [-0.1, -0.05) is 19.3 Å². The smallest absolute Gasteiger partial charge is 0.222 e. The maximum Gasteiger partial charge on any atom is 0.222 e. The Morgan fingerprint density at radius 2 is 2.00 bits per heavy atom. The monoisotopic (exact) mass is 286 g/mol. The highest BCUT2D eigenvalue weighted by atomic mass is 32.2. The molecule has 1 saturated carbocycles. The summed E-state index contributed by atoms with van der Waals surface area (Å²) in [7, 11) is -1.20. The van der Waals surface area contributed by atoms with Crippen LogP contribution in [0.15, 0.2) is 11.5 Å². The molecule has 0 aromatic carbocycles. The van der Waals surface area contributed by atoms with Gasteiger partial charge in [0, 0.05) is 17.4 Å². The molecule has 6 heteroatoms. The lowest BCUT2D eigenvalue weighted by Crippen LogP contribution is -2.49. The maximum atomic E-state index is 12.1. The molecule has 0 aromatic rings. The Balaban J connectivity index is 1.89. The summed E-state index contributed by atoms with van der Waals surface area (Å²) in [5.74, 6) is -0.0753. The van der Waals surface area contributed by atoms with Crippen LogP contribution in [0.25, 0.3) is 0 Å². The summed E-state index contributed by atoms with van der Waals surface area (Å²) in [5, 5.41) is 7.28. The van der Waals surface area contributed by atoms with Gasteiger partial charge in [0.15, 0.2) is 9.84 Å². The minimum Gasteiger partial charge on any atom is -0.349 e. The first-order valence-electron chi connectivity index (χ1n) is 6.84. The van der Waals surface area contributed by atoms with Crippen LogP contribution in [-0.2, 0) is 14.6 Å². The van der Waals surface area contributed by atoms with Crippen LogP contribution in [0.2, 0.25) is 0 Å². The zero-order chi connectivity index (χ0) is 13.9. The molecule has 0 aromatic heterocycles. The Morgan fingerprint density at radius 3 is 2.53 bits per heavy atom. The SMILES string of the molecule is CNC1(CC(=O)NC2C=CS(=O)(=O)C2)CCCCC1. The maximum absolute atomic E-state index is 12.1. The molecule has 2 aliphatic rings. The Hall–Kier alpha value is -0.880. The van der Waals surface area contributed by atoms with Crippen molar-refractivity contribution in [2.24, 2.45) is 0 Å². The Labute approximate surface area is 114 Å². The Bertz CT molecular complexity index is 464. The summed E-state index contributed by atoms with van der Waals surface area (Å²) in [6.07, 6.45) is 7.52. The first kappa shape index (κ1) is 14.5. The van der Waals surface area contributed by atoms with Gasteiger partial charge in [0.25, 0.3) is 0 Å². The van der Waals surface area contributed by atoms with Crippen molar-refractivity contribution in [1.82, 2.24) is 10.6 Å². The van der Waals surface area contributed by atoms with E-state index in [2.05, 4.69) is 10.6 Å². The third kappa shape index (κ3) is 3.79. The topological polar surface area (TPSA) is 75.3 Å². The number of hydrogen-bond donors (Lipinski definition) is 2. The van der Waals surface area contributed by atoms with Gasteiger partial charge in [-0.3, -0.25) is 4.79 Å². The largest absolute Gasteiger partial charge is 0.349 e. The normalized spacial score (nSPS) is 28.2. The van der Waals surface area contributed by atoms with Crippen LogP contribution in [0.4, 0.5) is 0 Å². The molecule has 5 nitrogen and oxygen atoms in total. The van der Waals surface area contributed by atoms with Gasteiger partial charge in [-0.2, -0.15) is 0 Å². The molecule has 19 heavy (non-hydrogen) atoms. The number of carbonyl (C=O) groups is 1. The number of nitrogens with one attached hydrogen (secondary N) is 2. The van der Waals surface area contributed by atoms with E-state index in [0.717, 1.165) is 25.7 Å². The van der Waals surface area contributed by atoms with Crippen molar-refractivity contribution in [3.8, 4) is 0 Å². The molecule has 0 spiro atoms. The van der Waals surface area contributed by atoms with E-state index >= 15 is 0 Å². The van der Waals surface area contributed by atoms with Gasteiger partial charge >= 0.3 is 0 Å². The predicted molar refractivity (Wildman–Crippen MR) is 74.4 cm³/mol. The highest BCUT2D eigenvalue weighted by Crippen LogP contribution is 2.30. The van der Waals surface area contributed by atoms with Crippen LogP contribution in [0.1, 0.15) is 38.5 Å². The third-order valence-corrected chi connectivity index (χ3v) is 5.51. The molecule has 2 rings (SSSR count). The third-order valence-electron chi connectivity index (χ3n) is 4.12.